The van der Waals surface area contributed by atoms with Crippen LogP contribution in [0.4, 0.5) is 0 Å². The second-order valence-electron chi connectivity index (χ2n) is 5.55. The molecule has 0 aliphatic carbocycles. The van der Waals surface area contributed by atoms with Gasteiger partial charge >= 0.3 is 0 Å². The molecule has 0 atom stereocenters. The van der Waals surface area contributed by atoms with Crippen molar-refractivity contribution in [1.82, 2.24) is 15.0 Å². The molecule has 0 aliphatic heterocycles. The second-order valence-corrected chi connectivity index (χ2v) is 5.55. The van der Waals surface area contributed by atoms with Crippen molar-refractivity contribution < 1.29 is 15.0 Å². The quantitative estimate of drug-likeness (QED) is 0.387. The Morgan fingerprint density at radius 3 is 2.76 bits per heavy atom. The maximum Gasteiger partial charge on any atom is 0.271 e. The smallest absolute Gasteiger partial charge is 0.271 e. The van der Waals surface area contributed by atoms with E-state index in [0.29, 0.717) is 11.1 Å². The Morgan fingerprint density at radius 2 is 2.04 bits per heavy atom. The molecule has 0 fully saturated rings. The van der Waals surface area contributed by atoms with Crippen molar-refractivity contribution in [1.29, 1.82) is 0 Å². The van der Waals surface area contributed by atoms with Crippen LogP contribution < -0.4 is 5.43 Å². The number of carbonyl (C=O) groups is 1. The van der Waals surface area contributed by atoms with Gasteiger partial charge in [0.05, 0.1) is 17.2 Å². The number of phenolic OH excluding ortho intramolecular Hbond substituents is 2. The Bertz CT molecular complexity index is 976. The summed E-state index contributed by atoms with van der Waals surface area (Å²) in [6, 6.07) is 9.58. The van der Waals surface area contributed by atoms with Crippen LogP contribution in [0.3, 0.4) is 0 Å². The number of phenols is 2. The molecule has 0 aliphatic rings. The van der Waals surface area contributed by atoms with E-state index >= 15 is 0 Å². The summed E-state index contributed by atoms with van der Waals surface area (Å²) in [5.74, 6) is 0.0870. The normalized spacial score (nSPS) is 11.3. The van der Waals surface area contributed by atoms with Gasteiger partial charge in [0.25, 0.3) is 5.91 Å². The van der Waals surface area contributed by atoms with E-state index in [4.69, 9.17) is 0 Å². The minimum Gasteiger partial charge on any atom is -0.504 e. The van der Waals surface area contributed by atoms with Crippen LogP contribution in [-0.4, -0.2) is 31.9 Å². The first-order valence-electron chi connectivity index (χ1n) is 7.82. The van der Waals surface area contributed by atoms with E-state index in [1.807, 2.05) is 19.9 Å². The standard InChI is InChI=1S/C18H18N4O3/c1-3-22-11(2)20-14-9-13(5-6-15(14)22)18(25)21-19-10-12-4-7-16(23)17(24)8-12/h4-10,23-24H,3H2,1-2H3,(H,21,25)/b19-10+. The summed E-state index contributed by atoms with van der Waals surface area (Å²) in [6.07, 6.45) is 1.38. The summed E-state index contributed by atoms with van der Waals surface area (Å²) in [6.45, 7) is 4.79. The number of fused-ring (bicyclic) bond motifs is 1. The predicted molar refractivity (Wildman–Crippen MR) is 95.0 cm³/mol. The maximum atomic E-state index is 12.2. The Morgan fingerprint density at radius 1 is 1.24 bits per heavy atom. The number of aromatic hydroxyl groups is 2. The average Bonchev–Trinajstić information content (AvgIpc) is 2.92. The molecule has 0 radical (unpaired) electrons. The van der Waals surface area contributed by atoms with Crippen molar-refractivity contribution in [3.05, 3.63) is 53.3 Å². The van der Waals surface area contributed by atoms with E-state index in [1.54, 1.807) is 18.2 Å². The number of hydrogen-bond donors (Lipinski definition) is 3. The van der Waals surface area contributed by atoms with E-state index in [1.165, 1.54) is 18.3 Å². The van der Waals surface area contributed by atoms with E-state index in [2.05, 4.69) is 20.1 Å². The largest absolute Gasteiger partial charge is 0.504 e. The number of benzene rings is 2. The van der Waals surface area contributed by atoms with Crippen LogP contribution in [0, 0.1) is 6.92 Å². The van der Waals surface area contributed by atoms with Crippen LogP contribution in [0.2, 0.25) is 0 Å². The molecule has 7 nitrogen and oxygen atoms in total. The molecular formula is C18H18N4O3. The minimum absolute atomic E-state index is 0.212. The molecule has 1 aromatic heterocycles. The molecule has 0 unspecified atom stereocenters. The van der Waals surface area contributed by atoms with Gasteiger partial charge in [-0.3, -0.25) is 4.79 Å². The van der Waals surface area contributed by atoms with Gasteiger partial charge in [-0.1, -0.05) is 0 Å². The number of hydrazone groups is 1. The number of nitrogens with one attached hydrogen (secondary N) is 1. The van der Waals surface area contributed by atoms with Crippen LogP contribution in [0.25, 0.3) is 11.0 Å². The zero-order valence-electron chi connectivity index (χ0n) is 13.9. The van der Waals surface area contributed by atoms with Gasteiger partial charge in [-0.05, 0) is 55.8 Å². The minimum atomic E-state index is -0.357. The summed E-state index contributed by atoms with van der Waals surface area (Å²) in [7, 11) is 0. The fourth-order valence-corrected chi connectivity index (χ4v) is 2.64. The van der Waals surface area contributed by atoms with Crippen molar-refractivity contribution in [3.8, 4) is 11.5 Å². The number of rotatable bonds is 4. The summed E-state index contributed by atoms with van der Waals surface area (Å²) in [5, 5.41) is 22.5. The first kappa shape index (κ1) is 16.5. The maximum absolute atomic E-state index is 12.2. The first-order valence-corrected chi connectivity index (χ1v) is 7.82. The van der Waals surface area contributed by atoms with Crippen molar-refractivity contribution in [2.75, 3.05) is 0 Å². The lowest BCUT2D eigenvalue weighted by atomic mass is 10.2. The lowest BCUT2D eigenvalue weighted by molar-refractivity contribution is 0.0955. The van der Waals surface area contributed by atoms with Crippen LogP contribution in [0.5, 0.6) is 11.5 Å². The zero-order chi connectivity index (χ0) is 18.0. The van der Waals surface area contributed by atoms with Gasteiger partial charge in [0, 0.05) is 12.1 Å². The summed E-state index contributed by atoms with van der Waals surface area (Å²) in [4.78, 5) is 16.7. The van der Waals surface area contributed by atoms with Crippen molar-refractivity contribution in [2.45, 2.75) is 20.4 Å². The van der Waals surface area contributed by atoms with Gasteiger partial charge < -0.3 is 14.8 Å². The molecule has 25 heavy (non-hydrogen) atoms. The predicted octanol–water partition coefficient (Wildman–Crippen LogP) is 2.54. The Balaban J connectivity index is 1.75. The molecule has 0 spiro atoms. The highest BCUT2D eigenvalue weighted by molar-refractivity contribution is 5.98. The third-order valence-corrected chi connectivity index (χ3v) is 3.90. The monoisotopic (exact) mass is 338 g/mol. The second kappa shape index (κ2) is 6.64. The van der Waals surface area contributed by atoms with Gasteiger partial charge in [-0.25, -0.2) is 10.4 Å². The van der Waals surface area contributed by atoms with Crippen molar-refractivity contribution >= 4 is 23.2 Å². The third-order valence-electron chi connectivity index (χ3n) is 3.90. The number of amides is 1. The molecule has 7 heteroatoms. The lowest BCUT2D eigenvalue weighted by Gasteiger charge is -2.03. The molecule has 2 aromatic carbocycles. The number of hydrogen-bond acceptors (Lipinski definition) is 5. The summed E-state index contributed by atoms with van der Waals surface area (Å²) in [5.41, 5.74) is 5.18. The molecule has 0 bridgehead atoms. The Kier molecular flexibility index (Phi) is 4.38. The molecule has 3 aromatic rings. The summed E-state index contributed by atoms with van der Waals surface area (Å²) < 4.78 is 2.08. The molecule has 3 N–H and O–H groups in total. The van der Waals surface area contributed by atoms with Crippen molar-refractivity contribution in [2.24, 2.45) is 5.10 Å². The zero-order valence-corrected chi connectivity index (χ0v) is 13.9. The van der Waals surface area contributed by atoms with Gasteiger partial charge in [-0.2, -0.15) is 5.10 Å². The number of nitrogens with zero attached hydrogens (tertiary/aromatic N) is 3. The number of carbonyl (C=O) groups excluding carboxylic acids is 1. The van der Waals surface area contributed by atoms with E-state index in [0.717, 1.165) is 23.4 Å². The molecule has 3 rings (SSSR count). The Labute approximate surface area is 144 Å². The van der Waals surface area contributed by atoms with Gasteiger partial charge in [0.15, 0.2) is 11.5 Å². The molecular weight excluding hydrogens is 320 g/mol. The fraction of sp³-hybridized carbons (Fsp3) is 0.167. The van der Waals surface area contributed by atoms with Crippen LogP contribution in [0.1, 0.15) is 28.7 Å². The Hall–Kier alpha value is -3.35. The third kappa shape index (κ3) is 3.30. The van der Waals surface area contributed by atoms with Gasteiger partial charge in [0.1, 0.15) is 5.82 Å². The van der Waals surface area contributed by atoms with Crippen LogP contribution >= 0.6 is 0 Å². The molecule has 128 valence electrons. The van der Waals surface area contributed by atoms with Crippen LogP contribution in [-0.2, 0) is 6.54 Å². The number of aryl methyl sites for hydroxylation is 2. The molecule has 0 saturated carbocycles. The summed E-state index contributed by atoms with van der Waals surface area (Å²) >= 11 is 0. The van der Waals surface area contributed by atoms with Gasteiger partial charge in [-0.15, -0.1) is 0 Å². The highest BCUT2D eigenvalue weighted by Gasteiger charge is 2.10. The van der Waals surface area contributed by atoms with Crippen molar-refractivity contribution in [3.63, 3.8) is 0 Å². The first-order chi connectivity index (χ1) is 12.0. The number of imidazole rings is 1. The number of aromatic nitrogens is 2. The lowest BCUT2D eigenvalue weighted by Crippen LogP contribution is -2.17. The SMILES string of the molecule is CCn1c(C)nc2cc(C(=O)N/N=C/c3ccc(O)c(O)c3)ccc21. The molecule has 0 saturated heterocycles. The fourth-order valence-electron chi connectivity index (χ4n) is 2.64. The van der Waals surface area contributed by atoms with Gasteiger partial charge in [0.2, 0.25) is 0 Å². The highest BCUT2D eigenvalue weighted by atomic mass is 16.3. The molecule has 1 amide bonds. The van der Waals surface area contributed by atoms with E-state index in [9.17, 15) is 15.0 Å². The topological polar surface area (TPSA) is 99.7 Å². The van der Waals surface area contributed by atoms with Crippen LogP contribution in [0.15, 0.2) is 41.5 Å². The highest BCUT2D eigenvalue weighted by Crippen LogP contribution is 2.24. The van der Waals surface area contributed by atoms with E-state index < -0.39 is 0 Å². The average molecular weight is 338 g/mol. The van der Waals surface area contributed by atoms with E-state index in [-0.39, 0.29) is 17.4 Å². The molecule has 1 heterocycles.